The van der Waals surface area contributed by atoms with Gasteiger partial charge in [-0.25, -0.2) is 17.9 Å². The monoisotopic (exact) mass is 588 g/mol. The highest BCUT2D eigenvalue weighted by Gasteiger charge is 2.30. The van der Waals surface area contributed by atoms with Crippen LogP contribution < -0.4 is 19.5 Å². The fourth-order valence-electron chi connectivity index (χ4n) is 4.19. The van der Waals surface area contributed by atoms with Crippen LogP contribution in [0, 0.1) is 17.8 Å². The van der Waals surface area contributed by atoms with E-state index in [9.17, 15) is 18.3 Å². The van der Waals surface area contributed by atoms with Crippen LogP contribution in [0.4, 0.5) is 4.79 Å². The molecule has 0 aromatic heterocycles. The first kappa shape index (κ1) is 35.9. The highest BCUT2D eigenvalue weighted by molar-refractivity contribution is 7.89. The van der Waals surface area contributed by atoms with Crippen LogP contribution in [-0.4, -0.2) is 77.1 Å². The topological polar surface area (TPSA) is 132 Å². The quantitative estimate of drug-likeness (QED) is 0.218. The van der Waals surface area contributed by atoms with E-state index in [4.69, 9.17) is 18.9 Å². The van der Waals surface area contributed by atoms with Crippen molar-refractivity contribution < 1.29 is 37.3 Å². The summed E-state index contributed by atoms with van der Waals surface area (Å²) < 4.78 is 49.2. The molecule has 0 radical (unpaired) electrons. The van der Waals surface area contributed by atoms with Crippen molar-refractivity contribution in [3.63, 3.8) is 0 Å². The Morgan fingerprint density at radius 1 is 1.05 bits per heavy atom. The van der Waals surface area contributed by atoms with Crippen LogP contribution in [0.2, 0.25) is 0 Å². The summed E-state index contributed by atoms with van der Waals surface area (Å²) in [5, 5.41) is 13.8. The Bertz CT molecular complexity index is 992. The number of alkyl carbamates (subject to hydrolysis) is 1. The number of ether oxygens (including phenoxy) is 4. The van der Waals surface area contributed by atoms with E-state index in [1.165, 1.54) is 0 Å². The molecule has 1 rings (SSSR count). The molecule has 0 aliphatic rings. The normalized spacial score (nSPS) is 14.6. The minimum absolute atomic E-state index is 0.0385. The summed E-state index contributed by atoms with van der Waals surface area (Å²) >= 11 is 0. The number of hydrogen-bond donors (Lipinski definition) is 3. The number of carbonyl (C=O) groups excluding carboxylic acids is 1. The molecule has 0 fully saturated rings. The minimum Gasteiger partial charge on any atom is -0.493 e. The van der Waals surface area contributed by atoms with Gasteiger partial charge in [0.15, 0.2) is 11.5 Å². The third-order valence-corrected chi connectivity index (χ3v) is 7.92. The number of aliphatic hydroxyl groups excluding tert-OH is 1. The first-order valence-corrected chi connectivity index (χ1v) is 15.7. The Morgan fingerprint density at radius 3 is 2.27 bits per heavy atom. The molecular formula is C29H52N2O8S. The van der Waals surface area contributed by atoms with Gasteiger partial charge in [0, 0.05) is 26.7 Å². The van der Waals surface area contributed by atoms with E-state index in [0.29, 0.717) is 37.6 Å². The highest BCUT2D eigenvalue weighted by atomic mass is 32.2. The Hall–Kier alpha value is -2.08. The van der Waals surface area contributed by atoms with E-state index in [2.05, 4.69) is 23.9 Å². The van der Waals surface area contributed by atoms with Crippen molar-refractivity contribution in [1.29, 1.82) is 0 Å². The summed E-state index contributed by atoms with van der Waals surface area (Å²) in [4.78, 5) is 12.7. The number of rotatable bonds is 18. The van der Waals surface area contributed by atoms with E-state index in [1.54, 1.807) is 35.0 Å². The summed E-state index contributed by atoms with van der Waals surface area (Å²) in [5.74, 6) is 1.40. The lowest BCUT2D eigenvalue weighted by Crippen LogP contribution is -2.51. The fourth-order valence-corrected chi connectivity index (χ4v) is 5.61. The summed E-state index contributed by atoms with van der Waals surface area (Å²) in [6.07, 6.45) is -0.0319. The number of sulfonamides is 1. The lowest BCUT2D eigenvalue weighted by Gasteiger charge is -2.31. The van der Waals surface area contributed by atoms with Gasteiger partial charge in [-0.3, -0.25) is 0 Å². The largest absolute Gasteiger partial charge is 0.493 e. The number of carbonyl (C=O) groups is 1. The maximum atomic E-state index is 12.7. The molecule has 0 unspecified atom stereocenters. The second-order valence-electron chi connectivity index (χ2n) is 12.0. The van der Waals surface area contributed by atoms with Crippen LogP contribution >= 0.6 is 0 Å². The summed E-state index contributed by atoms with van der Waals surface area (Å²) in [7, 11) is -0.327. The van der Waals surface area contributed by atoms with Crippen molar-refractivity contribution in [2.75, 3.05) is 39.7 Å². The van der Waals surface area contributed by atoms with Crippen molar-refractivity contribution in [3.8, 4) is 11.5 Å². The lowest BCUT2D eigenvalue weighted by molar-refractivity contribution is 0.0396. The van der Waals surface area contributed by atoms with Gasteiger partial charge in [-0.05, 0) is 69.1 Å². The zero-order valence-electron chi connectivity index (χ0n) is 25.8. The van der Waals surface area contributed by atoms with Gasteiger partial charge in [-0.2, -0.15) is 0 Å². The van der Waals surface area contributed by atoms with Gasteiger partial charge in [0.05, 0.1) is 31.6 Å². The van der Waals surface area contributed by atoms with Gasteiger partial charge in [0.1, 0.15) is 5.60 Å². The number of hydrogen-bond acceptors (Lipinski definition) is 8. The molecule has 1 aromatic carbocycles. The molecule has 0 aliphatic carbocycles. The predicted octanol–water partition coefficient (Wildman–Crippen LogP) is 4.14. The molecule has 3 atom stereocenters. The predicted molar refractivity (Wildman–Crippen MR) is 157 cm³/mol. The molecule has 0 spiro atoms. The van der Waals surface area contributed by atoms with Crippen molar-refractivity contribution in [2.24, 2.45) is 17.8 Å². The molecule has 10 nitrogen and oxygen atoms in total. The molecule has 11 heteroatoms. The maximum Gasteiger partial charge on any atom is 0.407 e. The smallest absolute Gasteiger partial charge is 0.407 e. The molecule has 1 amide bonds. The van der Waals surface area contributed by atoms with E-state index < -0.39 is 33.9 Å². The third-order valence-electron chi connectivity index (χ3n) is 6.21. The number of methoxy groups -OCH3 is 2. The van der Waals surface area contributed by atoms with Gasteiger partial charge < -0.3 is 29.4 Å². The number of amides is 1. The summed E-state index contributed by atoms with van der Waals surface area (Å²) in [5.41, 5.74) is 0.294. The first-order chi connectivity index (χ1) is 18.6. The number of nitrogens with one attached hydrogen (secondary N) is 2. The lowest BCUT2D eigenvalue weighted by atomic mass is 9.83. The SMILES string of the molecule is COCCCOc1cc(C[C@@H](C[C@H](NC(=O)OC(C)(C)C)[C@@H](O)CNS(=O)(=O)CC(C)C)C(C)C)ccc1OC. The van der Waals surface area contributed by atoms with Crippen LogP contribution in [0.5, 0.6) is 11.5 Å². The van der Waals surface area contributed by atoms with Crippen molar-refractivity contribution >= 4 is 16.1 Å². The molecule has 0 heterocycles. The Kier molecular flexibility index (Phi) is 15.3. The molecular weight excluding hydrogens is 536 g/mol. The van der Waals surface area contributed by atoms with Crippen molar-refractivity contribution in [3.05, 3.63) is 23.8 Å². The Balaban J connectivity index is 3.12. The van der Waals surface area contributed by atoms with E-state index in [-0.39, 0.29) is 30.1 Å². The van der Waals surface area contributed by atoms with Gasteiger partial charge >= 0.3 is 6.09 Å². The average Bonchev–Trinajstić information content (AvgIpc) is 2.82. The molecule has 0 saturated heterocycles. The van der Waals surface area contributed by atoms with Gasteiger partial charge in [0.25, 0.3) is 0 Å². The van der Waals surface area contributed by atoms with E-state index in [0.717, 1.165) is 12.0 Å². The molecule has 232 valence electrons. The first-order valence-electron chi connectivity index (χ1n) is 14.0. The standard InChI is InChI=1S/C29H52N2O8S/c1-20(2)19-40(34,35)30-18-25(32)24(31-28(33)39-29(5,6)7)17-23(21(3)4)15-22-11-12-26(37-9)27(16-22)38-14-10-13-36-8/h11-12,16,20-21,23-25,30,32H,10,13-15,17-19H2,1-9H3,(H,31,33)/t23-,24-,25-/m0/s1. The average molecular weight is 589 g/mol. The molecule has 0 bridgehead atoms. The zero-order chi connectivity index (χ0) is 30.5. The third kappa shape index (κ3) is 14.5. The second kappa shape index (κ2) is 17.0. The van der Waals surface area contributed by atoms with Crippen molar-refractivity contribution in [2.45, 2.75) is 85.5 Å². The van der Waals surface area contributed by atoms with Crippen LogP contribution in [0.25, 0.3) is 0 Å². The molecule has 3 N–H and O–H groups in total. The minimum atomic E-state index is -3.57. The van der Waals surface area contributed by atoms with Gasteiger partial charge in [-0.1, -0.05) is 33.8 Å². The Labute approximate surface area is 241 Å². The second-order valence-corrected chi connectivity index (χ2v) is 13.8. The summed E-state index contributed by atoms with van der Waals surface area (Å²) in [6, 6.07) is 5.05. The number of benzene rings is 1. The fraction of sp³-hybridized carbons (Fsp3) is 0.759. The Morgan fingerprint density at radius 2 is 1.73 bits per heavy atom. The van der Waals surface area contributed by atoms with E-state index in [1.807, 2.05) is 32.0 Å². The van der Waals surface area contributed by atoms with Crippen LogP contribution in [0.15, 0.2) is 18.2 Å². The van der Waals surface area contributed by atoms with Crippen LogP contribution in [0.3, 0.4) is 0 Å². The summed E-state index contributed by atoms with van der Waals surface area (Å²) in [6.45, 7) is 13.9. The molecule has 0 aliphatic heterocycles. The molecule has 40 heavy (non-hydrogen) atoms. The van der Waals surface area contributed by atoms with Crippen molar-refractivity contribution in [1.82, 2.24) is 10.0 Å². The molecule has 1 aromatic rings. The number of aliphatic hydroxyl groups is 1. The van der Waals surface area contributed by atoms with Gasteiger partial charge in [-0.15, -0.1) is 0 Å². The van der Waals surface area contributed by atoms with Crippen LogP contribution in [0.1, 0.15) is 66.9 Å². The highest BCUT2D eigenvalue weighted by Crippen LogP contribution is 2.31. The van der Waals surface area contributed by atoms with Crippen LogP contribution in [-0.2, 0) is 25.9 Å². The zero-order valence-corrected chi connectivity index (χ0v) is 26.6. The van der Waals surface area contributed by atoms with Gasteiger partial charge in [0.2, 0.25) is 10.0 Å². The maximum absolute atomic E-state index is 12.7. The molecule has 0 saturated carbocycles. The van der Waals surface area contributed by atoms with E-state index >= 15 is 0 Å².